The highest BCUT2D eigenvalue weighted by molar-refractivity contribution is 9.11. The second-order valence-corrected chi connectivity index (χ2v) is 6.43. The third kappa shape index (κ3) is 4.12. The lowest BCUT2D eigenvalue weighted by Gasteiger charge is -2.06. The number of hydrogen-bond donors (Lipinski definition) is 0. The van der Waals surface area contributed by atoms with Gasteiger partial charge in [-0.2, -0.15) is 0 Å². The van der Waals surface area contributed by atoms with Gasteiger partial charge in [0, 0.05) is 12.0 Å². The van der Waals surface area contributed by atoms with Crippen molar-refractivity contribution in [2.75, 3.05) is 13.7 Å². The van der Waals surface area contributed by atoms with E-state index in [1.165, 1.54) is 10.4 Å². The molecule has 1 aromatic carbocycles. The molecule has 0 atom stereocenters. The van der Waals surface area contributed by atoms with Crippen LogP contribution in [0.4, 0.5) is 0 Å². The van der Waals surface area contributed by atoms with Gasteiger partial charge in [0.2, 0.25) is 0 Å². The molecular formula is C14H15BrO2S. The summed E-state index contributed by atoms with van der Waals surface area (Å²) in [6.45, 7) is 1.37. The Hall–Kier alpha value is -0.840. The van der Waals surface area contributed by atoms with Gasteiger partial charge in [-0.25, -0.2) is 0 Å². The predicted octanol–water partition coefficient (Wildman–Crippen LogP) is 4.28. The molecular weight excluding hydrogens is 312 g/mol. The van der Waals surface area contributed by atoms with Crippen molar-refractivity contribution in [2.45, 2.75) is 13.0 Å². The van der Waals surface area contributed by atoms with E-state index in [9.17, 15) is 0 Å². The number of rotatable bonds is 6. The second kappa shape index (κ2) is 6.92. The van der Waals surface area contributed by atoms with Crippen LogP contribution >= 0.6 is 27.3 Å². The molecule has 0 aliphatic heterocycles. The van der Waals surface area contributed by atoms with Gasteiger partial charge >= 0.3 is 0 Å². The Kier molecular flexibility index (Phi) is 5.23. The molecule has 0 spiro atoms. The maximum atomic E-state index is 5.72. The van der Waals surface area contributed by atoms with E-state index >= 15 is 0 Å². The highest BCUT2D eigenvalue weighted by Gasteiger charge is 2.00. The zero-order valence-corrected chi connectivity index (χ0v) is 12.6. The average molecular weight is 327 g/mol. The summed E-state index contributed by atoms with van der Waals surface area (Å²) in [7, 11) is 1.72. The number of methoxy groups -OCH3 is 1. The first kappa shape index (κ1) is 13.6. The van der Waals surface area contributed by atoms with E-state index in [4.69, 9.17) is 9.47 Å². The number of hydrogen-bond acceptors (Lipinski definition) is 3. The predicted molar refractivity (Wildman–Crippen MR) is 78.4 cm³/mol. The molecule has 0 bridgehead atoms. The number of ether oxygens (including phenoxy) is 2. The molecule has 0 fully saturated rings. The maximum absolute atomic E-state index is 5.72. The van der Waals surface area contributed by atoms with Crippen LogP contribution in [0.2, 0.25) is 0 Å². The van der Waals surface area contributed by atoms with Gasteiger partial charge < -0.3 is 9.47 Å². The van der Waals surface area contributed by atoms with Gasteiger partial charge in [0.1, 0.15) is 12.4 Å². The van der Waals surface area contributed by atoms with Crippen molar-refractivity contribution in [3.63, 3.8) is 0 Å². The lowest BCUT2D eigenvalue weighted by Crippen LogP contribution is -1.95. The molecule has 0 aliphatic rings. The van der Waals surface area contributed by atoms with Crippen molar-refractivity contribution in [3.8, 4) is 5.75 Å². The molecule has 0 radical (unpaired) electrons. The largest absolute Gasteiger partial charge is 0.488 e. The lowest BCUT2D eigenvalue weighted by atomic mass is 10.1. The van der Waals surface area contributed by atoms with Gasteiger partial charge in [-0.3, -0.25) is 0 Å². The van der Waals surface area contributed by atoms with Crippen LogP contribution < -0.4 is 4.74 Å². The molecule has 0 amide bonds. The van der Waals surface area contributed by atoms with Crippen molar-refractivity contribution >= 4 is 27.3 Å². The zero-order valence-electron chi connectivity index (χ0n) is 10.2. The summed E-state index contributed by atoms with van der Waals surface area (Å²) in [6.07, 6.45) is 0.939. The molecule has 0 N–H and O–H groups in total. The van der Waals surface area contributed by atoms with Gasteiger partial charge in [-0.1, -0.05) is 12.1 Å². The van der Waals surface area contributed by atoms with Crippen molar-refractivity contribution in [3.05, 3.63) is 50.6 Å². The van der Waals surface area contributed by atoms with Gasteiger partial charge in [0.25, 0.3) is 0 Å². The Morgan fingerprint density at radius 2 is 1.89 bits per heavy atom. The first-order valence-corrected chi connectivity index (χ1v) is 7.34. The lowest BCUT2D eigenvalue weighted by molar-refractivity contribution is 0.202. The molecule has 2 rings (SSSR count). The smallest absolute Gasteiger partial charge is 0.122 e. The summed E-state index contributed by atoms with van der Waals surface area (Å²) in [6, 6.07) is 12.3. The quantitative estimate of drug-likeness (QED) is 0.788. The van der Waals surface area contributed by atoms with Crippen molar-refractivity contribution < 1.29 is 9.47 Å². The molecule has 4 heteroatoms. The van der Waals surface area contributed by atoms with E-state index in [0.29, 0.717) is 6.61 Å². The molecule has 18 heavy (non-hydrogen) atoms. The Morgan fingerprint density at radius 3 is 2.50 bits per heavy atom. The molecule has 2 nitrogen and oxygen atoms in total. The van der Waals surface area contributed by atoms with Crippen LogP contribution in [0.1, 0.15) is 10.4 Å². The Morgan fingerprint density at radius 1 is 1.11 bits per heavy atom. The fraction of sp³-hybridized carbons (Fsp3) is 0.286. The van der Waals surface area contributed by atoms with Crippen LogP contribution in [0.3, 0.4) is 0 Å². The van der Waals surface area contributed by atoms with E-state index in [1.54, 1.807) is 18.4 Å². The van der Waals surface area contributed by atoms with Gasteiger partial charge in [0.05, 0.1) is 10.4 Å². The molecule has 0 aliphatic carbocycles. The summed E-state index contributed by atoms with van der Waals surface area (Å²) in [5, 5.41) is 0. The van der Waals surface area contributed by atoms with E-state index in [0.717, 1.165) is 22.6 Å². The summed E-state index contributed by atoms with van der Waals surface area (Å²) < 4.78 is 11.9. The Balaban J connectivity index is 1.86. The summed E-state index contributed by atoms with van der Waals surface area (Å²) in [5.41, 5.74) is 1.27. The van der Waals surface area contributed by atoms with E-state index in [2.05, 4.69) is 34.1 Å². The van der Waals surface area contributed by atoms with E-state index in [1.807, 2.05) is 18.2 Å². The maximum Gasteiger partial charge on any atom is 0.122 e. The summed E-state index contributed by atoms with van der Waals surface area (Å²) in [4.78, 5) is 1.21. The molecule has 2 aromatic rings. The normalized spacial score (nSPS) is 10.6. The average Bonchev–Trinajstić information content (AvgIpc) is 2.81. The van der Waals surface area contributed by atoms with Gasteiger partial charge in [0.15, 0.2) is 0 Å². The van der Waals surface area contributed by atoms with Crippen LogP contribution in [0.15, 0.2) is 40.2 Å². The third-order valence-corrected chi connectivity index (χ3v) is 4.13. The molecule has 1 heterocycles. The topological polar surface area (TPSA) is 18.5 Å². The minimum Gasteiger partial charge on any atom is -0.488 e. The number of halogens is 1. The van der Waals surface area contributed by atoms with Crippen LogP contribution in [-0.4, -0.2) is 13.7 Å². The Bertz CT molecular complexity index is 479. The highest BCUT2D eigenvalue weighted by Crippen LogP contribution is 2.23. The van der Waals surface area contributed by atoms with Gasteiger partial charge in [-0.15, -0.1) is 11.3 Å². The molecule has 0 saturated heterocycles. The first-order chi connectivity index (χ1) is 8.78. The molecule has 1 aromatic heterocycles. The minimum atomic E-state index is 0.619. The number of thiophene rings is 1. The van der Waals surface area contributed by atoms with Gasteiger partial charge in [-0.05, 0) is 52.2 Å². The SMILES string of the molecule is COCCc1ccc(OCc2ccc(Br)s2)cc1. The third-order valence-electron chi connectivity index (χ3n) is 2.53. The molecule has 0 saturated carbocycles. The monoisotopic (exact) mass is 326 g/mol. The van der Waals surface area contributed by atoms with Crippen LogP contribution in [-0.2, 0) is 17.8 Å². The summed E-state index contributed by atoms with van der Waals surface area (Å²) >= 11 is 5.14. The Labute approximate surface area is 120 Å². The van der Waals surface area contributed by atoms with Crippen molar-refractivity contribution in [2.24, 2.45) is 0 Å². The summed E-state index contributed by atoms with van der Waals surface area (Å²) in [5.74, 6) is 0.903. The second-order valence-electron chi connectivity index (χ2n) is 3.88. The highest BCUT2D eigenvalue weighted by atomic mass is 79.9. The number of benzene rings is 1. The molecule has 96 valence electrons. The van der Waals surface area contributed by atoms with E-state index in [-0.39, 0.29) is 0 Å². The fourth-order valence-electron chi connectivity index (χ4n) is 1.56. The van der Waals surface area contributed by atoms with Crippen LogP contribution in [0.5, 0.6) is 5.75 Å². The van der Waals surface area contributed by atoms with Crippen molar-refractivity contribution in [1.29, 1.82) is 0 Å². The molecule has 0 unspecified atom stereocenters. The van der Waals surface area contributed by atoms with Crippen LogP contribution in [0.25, 0.3) is 0 Å². The van der Waals surface area contributed by atoms with Crippen molar-refractivity contribution in [1.82, 2.24) is 0 Å². The van der Waals surface area contributed by atoms with Crippen LogP contribution in [0, 0.1) is 0 Å². The standard InChI is InChI=1S/C14H15BrO2S/c1-16-9-8-11-2-4-12(5-3-11)17-10-13-6-7-14(15)18-13/h2-7H,8-10H2,1H3. The minimum absolute atomic E-state index is 0.619. The van der Waals surface area contributed by atoms with E-state index < -0.39 is 0 Å². The fourth-order valence-corrected chi connectivity index (χ4v) is 2.95. The first-order valence-electron chi connectivity index (χ1n) is 5.73. The zero-order chi connectivity index (χ0) is 12.8.